The van der Waals surface area contributed by atoms with Crippen LogP contribution >= 0.6 is 6.64 Å². The Morgan fingerprint density at radius 1 is 1.09 bits per heavy atom. The number of para-hydroxylation sites is 1. The molecule has 3 N–H and O–H groups in total. The van der Waals surface area contributed by atoms with Crippen LogP contribution in [-0.4, -0.2) is 70.1 Å². The summed E-state index contributed by atoms with van der Waals surface area (Å²) in [5, 5.41) is 17.9. The lowest BCUT2D eigenvalue weighted by molar-refractivity contribution is -0.173. The Balaban J connectivity index is 1.81. The van der Waals surface area contributed by atoms with Crippen LogP contribution in [0.5, 0.6) is 5.75 Å². The van der Waals surface area contributed by atoms with Crippen LogP contribution in [0.15, 0.2) is 48.8 Å². The number of nitriles is 1. The Labute approximate surface area is 276 Å². The minimum Gasteiger partial charge on any atom is -0.468 e. The van der Waals surface area contributed by atoms with E-state index in [0.717, 1.165) is 0 Å². The van der Waals surface area contributed by atoms with Crippen LogP contribution in [0.1, 0.15) is 46.4 Å². The van der Waals surface area contributed by atoms with Crippen LogP contribution in [0.4, 0.5) is 5.82 Å². The quantitative estimate of drug-likeness (QED) is 0.151. The Hall–Kier alpha value is -4.13. The van der Waals surface area contributed by atoms with Crippen LogP contribution in [0.25, 0.3) is 5.52 Å². The van der Waals surface area contributed by atoms with Gasteiger partial charge in [-0.05, 0) is 43.0 Å². The number of nitrogens with one attached hydrogen (secondary N) is 1. The van der Waals surface area contributed by atoms with Gasteiger partial charge in [0.15, 0.2) is 18.0 Å². The number of nitrogens with zero attached hydrogens (tertiary/aromatic N) is 4. The van der Waals surface area contributed by atoms with Crippen molar-refractivity contribution in [1.82, 2.24) is 19.7 Å². The number of esters is 3. The number of ether oxygens (including phenoxy) is 4. The first kappa shape index (κ1) is 35.7. The van der Waals surface area contributed by atoms with Crippen LogP contribution < -0.4 is 15.3 Å². The molecule has 0 radical (unpaired) electrons. The molecule has 0 aliphatic carbocycles. The summed E-state index contributed by atoms with van der Waals surface area (Å²) in [6.07, 6.45) is -2.84. The fourth-order valence-electron chi connectivity index (χ4n) is 4.62. The molecule has 1 fully saturated rings. The van der Waals surface area contributed by atoms with Crippen molar-refractivity contribution >= 4 is 47.7 Å². The first-order chi connectivity index (χ1) is 22.2. The molecule has 15 nitrogen and oxygen atoms in total. The topological polar surface area (TPSA) is 199 Å². The van der Waals surface area contributed by atoms with E-state index in [4.69, 9.17) is 45.5 Å². The van der Waals surface area contributed by atoms with E-state index >= 15 is 0 Å². The first-order valence-electron chi connectivity index (χ1n) is 14.7. The summed E-state index contributed by atoms with van der Waals surface area (Å²) in [4.78, 5) is 42.5. The molecule has 1 aromatic carbocycles. The molecule has 17 heteroatoms. The van der Waals surface area contributed by atoms with E-state index < -0.39 is 72.9 Å². The van der Waals surface area contributed by atoms with E-state index in [0.29, 0.717) is 17.0 Å². The molecule has 1 saturated heterocycles. The van der Waals surface area contributed by atoms with E-state index in [2.05, 4.69) is 21.2 Å². The van der Waals surface area contributed by atoms with E-state index in [9.17, 15) is 19.6 Å². The van der Waals surface area contributed by atoms with E-state index in [1.54, 1.807) is 70.2 Å². The molecule has 1 aliphatic heterocycles. The standard InChI is InChI=1S/C30H37N6O9PS/c1-17(2)27(37)42-24-23(21-12-13-22-26(32)33-16-34-36(21)22)44-30(14-31,25(24)43-28(38)18(3)4)15-41-46(47,35-19(5)29(39)40-6)45-20-10-8-7-9-11-20/h7-13,16-19,23-25H,15H2,1-6H3,(H,35,47)(H2,32,33,34)/t19-,23-,24-,25-,30+,46?/m0/s1. The zero-order chi connectivity index (χ0) is 34.5. The average Bonchev–Trinajstić information content (AvgIpc) is 3.60. The van der Waals surface area contributed by atoms with Crippen molar-refractivity contribution in [2.24, 2.45) is 11.8 Å². The molecule has 4 rings (SSSR count). The number of hydrogen-bond donors (Lipinski definition) is 2. The molecule has 3 aromatic rings. The summed E-state index contributed by atoms with van der Waals surface area (Å²) in [7, 11) is 1.22. The monoisotopic (exact) mass is 688 g/mol. The van der Waals surface area contributed by atoms with Gasteiger partial charge in [-0.1, -0.05) is 45.9 Å². The van der Waals surface area contributed by atoms with Crippen LogP contribution in [0, 0.1) is 23.2 Å². The molecular formula is C30H37N6O9PS. The van der Waals surface area contributed by atoms with Crippen LogP contribution in [-0.2, 0) is 49.7 Å². The molecule has 1 aliphatic rings. The fourth-order valence-corrected chi connectivity index (χ4v) is 7.03. The van der Waals surface area contributed by atoms with Gasteiger partial charge in [0.25, 0.3) is 0 Å². The largest absolute Gasteiger partial charge is 0.468 e. The number of hydrogen-bond acceptors (Lipinski definition) is 14. The van der Waals surface area contributed by atoms with E-state index in [1.807, 2.05) is 0 Å². The fraction of sp³-hybridized carbons (Fsp3) is 0.467. The number of nitrogens with two attached hydrogens (primary N) is 1. The number of methoxy groups -OCH3 is 1. The van der Waals surface area contributed by atoms with Crippen LogP contribution in [0.3, 0.4) is 0 Å². The summed E-state index contributed by atoms with van der Waals surface area (Å²) < 4.78 is 36.7. The number of anilines is 1. The Kier molecular flexibility index (Phi) is 11.2. The number of fused-ring (bicyclic) bond motifs is 1. The molecular weight excluding hydrogens is 651 g/mol. The number of carbonyl (C=O) groups excluding carboxylic acids is 3. The third-order valence-corrected chi connectivity index (χ3v) is 9.63. The number of benzene rings is 1. The summed E-state index contributed by atoms with van der Waals surface area (Å²) >= 11 is 5.80. The van der Waals surface area contributed by atoms with Crippen molar-refractivity contribution < 1.29 is 42.4 Å². The van der Waals surface area contributed by atoms with E-state index in [-0.39, 0.29) is 5.82 Å². The Morgan fingerprint density at radius 2 is 1.74 bits per heavy atom. The van der Waals surface area contributed by atoms with Gasteiger partial charge >= 0.3 is 24.6 Å². The maximum Gasteiger partial charge on any atom is 0.323 e. The summed E-state index contributed by atoms with van der Waals surface area (Å²) in [6, 6.07) is 12.9. The molecule has 3 heterocycles. The second-order valence-corrected chi connectivity index (χ2v) is 14.5. The minimum absolute atomic E-state index is 0.169. The molecule has 6 atom stereocenters. The SMILES string of the molecule is COC(=O)[C@H](C)NP(=S)(OC[C@@]1(C#N)O[C@@H](c2ccc3c(N)ncnn23)[C@H](OC(=O)C(C)C)[C@@H]1OC(=O)C(C)C)Oc1ccccc1. The zero-order valence-corrected chi connectivity index (χ0v) is 28.4. The minimum atomic E-state index is -3.68. The van der Waals surface area contributed by atoms with Gasteiger partial charge in [-0.3, -0.25) is 14.4 Å². The summed E-state index contributed by atoms with van der Waals surface area (Å²) in [6.45, 7) is 3.68. The number of nitrogen functional groups attached to an aromatic ring is 1. The van der Waals surface area contributed by atoms with Gasteiger partial charge in [0.05, 0.1) is 24.6 Å². The third-order valence-electron chi connectivity index (χ3n) is 7.15. The predicted molar refractivity (Wildman–Crippen MR) is 171 cm³/mol. The van der Waals surface area contributed by atoms with Crippen molar-refractivity contribution in [2.45, 2.75) is 64.6 Å². The van der Waals surface area contributed by atoms with Gasteiger partial charge in [-0.25, -0.2) is 14.6 Å². The summed E-state index contributed by atoms with van der Waals surface area (Å²) in [5.41, 5.74) is 4.70. The van der Waals surface area contributed by atoms with Gasteiger partial charge in [-0.15, -0.1) is 0 Å². The number of aromatic nitrogens is 3. The van der Waals surface area contributed by atoms with Crippen LogP contribution in [0.2, 0.25) is 0 Å². The lowest BCUT2D eigenvalue weighted by atomic mass is 9.95. The average molecular weight is 689 g/mol. The molecule has 0 saturated carbocycles. The van der Waals surface area contributed by atoms with Crippen molar-refractivity contribution in [2.75, 3.05) is 19.5 Å². The van der Waals surface area contributed by atoms with Gasteiger partial charge in [0.1, 0.15) is 42.4 Å². The molecule has 0 amide bonds. The highest BCUT2D eigenvalue weighted by Crippen LogP contribution is 2.50. The van der Waals surface area contributed by atoms with Gasteiger partial charge in [0, 0.05) is 0 Å². The number of rotatable bonds is 13. The molecule has 252 valence electrons. The van der Waals surface area contributed by atoms with Crippen molar-refractivity contribution in [3.63, 3.8) is 0 Å². The highest BCUT2D eigenvalue weighted by Gasteiger charge is 2.62. The Bertz CT molecular complexity index is 1700. The van der Waals surface area contributed by atoms with E-state index in [1.165, 1.54) is 24.9 Å². The van der Waals surface area contributed by atoms with Gasteiger partial charge in [-0.2, -0.15) is 10.4 Å². The Morgan fingerprint density at radius 3 is 2.36 bits per heavy atom. The maximum absolute atomic E-state index is 13.1. The van der Waals surface area contributed by atoms with Crippen molar-refractivity contribution in [3.05, 3.63) is 54.5 Å². The summed E-state index contributed by atoms with van der Waals surface area (Å²) in [5.74, 6) is -2.68. The van der Waals surface area contributed by atoms with Gasteiger partial charge < -0.3 is 33.7 Å². The molecule has 1 unspecified atom stereocenters. The predicted octanol–water partition coefficient (Wildman–Crippen LogP) is 3.25. The second-order valence-electron chi connectivity index (χ2n) is 11.4. The third kappa shape index (κ3) is 7.89. The van der Waals surface area contributed by atoms with Gasteiger partial charge in [0.2, 0.25) is 5.60 Å². The highest BCUT2D eigenvalue weighted by atomic mass is 32.5. The molecule has 2 aromatic heterocycles. The highest BCUT2D eigenvalue weighted by molar-refractivity contribution is 8.09. The smallest absolute Gasteiger partial charge is 0.323 e. The number of carbonyl (C=O) groups is 3. The first-order valence-corrected chi connectivity index (χ1v) is 17.3. The molecule has 47 heavy (non-hydrogen) atoms. The molecule has 0 bridgehead atoms. The second kappa shape index (κ2) is 14.7. The lowest BCUT2D eigenvalue weighted by Gasteiger charge is -2.32. The molecule has 0 spiro atoms. The van der Waals surface area contributed by atoms with Crippen molar-refractivity contribution in [1.29, 1.82) is 5.26 Å². The van der Waals surface area contributed by atoms with Crippen molar-refractivity contribution in [3.8, 4) is 11.8 Å². The normalized spacial score (nSPS) is 22.7. The zero-order valence-electron chi connectivity index (χ0n) is 26.7. The lowest BCUT2D eigenvalue weighted by Crippen LogP contribution is -2.50. The maximum atomic E-state index is 13.1.